The highest BCUT2D eigenvalue weighted by atomic mass is 16.1. The molecule has 1 aromatic heterocycles. The second-order valence-electron chi connectivity index (χ2n) is 5.90. The van der Waals surface area contributed by atoms with Crippen LogP contribution in [0.5, 0.6) is 0 Å². The van der Waals surface area contributed by atoms with Gasteiger partial charge in [0.05, 0.1) is 5.69 Å². The van der Waals surface area contributed by atoms with Gasteiger partial charge in [0.1, 0.15) is 12.7 Å². The summed E-state index contributed by atoms with van der Waals surface area (Å²) in [4.78, 5) is 16.3. The number of rotatable bonds is 3. The van der Waals surface area contributed by atoms with Gasteiger partial charge < -0.3 is 5.32 Å². The minimum Gasteiger partial charge on any atom is -0.349 e. The fourth-order valence-electron chi connectivity index (χ4n) is 2.98. The maximum Gasteiger partial charge on any atom is 0.251 e. The Morgan fingerprint density at radius 1 is 1.05 bits per heavy atom. The van der Waals surface area contributed by atoms with Crippen LogP contribution in [0.15, 0.2) is 36.9 Å². The van der Waals surface area contributed by atoms with Crippen molar-refractivity contribution < 1.29 is 4.79 Å². The third-order valence-corrected chi connectivity index (χ3v) is 4.25. The summed E-state index contributed by atoms with van der Waals surface area (Å²) in [6.45, 7) is 0. The Morgan fingerprint density at radius 3 is 2.36 bits per heavy atom. The molecule has 5 nitrogen and oxygen atoms in total. The van der Waals surface area contributed by atoms with Gasteiger partial charge in [-0.25, -0.2) is 9.67 Å². The molecule has 0 saturated heterocycles. The molecule has 116 valence electrons. The van der Waals surface area contributed by atoms with E-state index in [2.05, 4.69) is 15.4 Å². The number of nitrogens with zero attached hydrogens (tertiary/aromatic N) is 3. The van der Waals surface area contributed by atoms with Crippen LogP contribution in [0.3, 0.4) is 0 Å². The van der Waals surface area contributed by atoms with Crippen molar-refractivity contribution >= 4 is 5.91 Å². The van der Waals surface area contributed by atoms with E-state index >= 15 is 0 Å². The van der Waals surface area contributed by atoms with Gasteiger partial charge >= 0.3 is 0 Å². The lowest BCUT2D eigenvalue weighted by molar-refractivity contribution is 0.0930. The van der Waals surface area contributed by atoms with Crippen LogP contribution in [0.25, 0.3) is 5.69 Å². The molecule has 0 spiro atoms. The van der Waals surface area contributed by atoms with Crippen molar-refractivity contribution in [3.63, 3.8) is 0 Å². The van der Waals surface area contributed by atoms with Gasteiger partial charge in [0.15, 0.2) is 0 Å². The molecule has 0 radical (unpaired) electrons. The van der Waals surface area contributed by atoms with Crippen molar-refractivity contribution in [2.24, 2.45) is 0 Å². The van der Waals surface area contributed by atoms with Crippen LogP contribution in [-0.4, -0.2) is 26.7 Å². The quantitative estimate of drug-likeness (QED) is 0.947. The second-order valence-corrected chi connectivity index (χ2v) is 5.90. The number of nitrogens with one attached hydrogen (secondary N) is 1. The number of carbonyl (C=O) groups excluding carboxylic acids is 1. The van der Waals surface area contributed by atoms with E-state index in [1.54, 1.807) is 11.0 Å². The third kappa shape index (κ3) is 3.72. The highest BCUT2D eigenvalue weighted by Crippen LogP contribution is 2.17. The van der Waals surface area contributed by atoms with E-state index in [-0.39, 0.29) is 5.91 Å². The molecule has 1 aliphatic rings. The SMILES string of the molecule is O=C(NC1CCCCCCC1)c1ccc(-n2cncn2)cc1. The molecule has 0 bridgehead atoms. The van der Waals surface area contributed by atoms with E-state index in [9.17, 15) is 4.79 Å². The first-order valence-electron chi connectivity index (χ1n) is 8.09. The van der Waals surface area contributed by atoms with Crippen LogP contribution in [0.1, 0.15) is 55.3 Å². The Morgan fingerprint density at radius 2 is 1.73 bits per heavy atom. The van der Waals surface area contributed by atoms with Crippen molar-refractivity contribution in [3.8, 4) is 5.69 Å². The predicted molar refractivity (Wildman–Crippen MR) is 84.9 cm³/mol. The first-order chi connectivity index (χ1) is 10.8. The van der Waals surface area contributed by atoms with Crippen LogP contribution in [0, 0.1) is 0 Å². The average Bonchev–Trinajstić information content (AvgIpc) is 3.04. The number of amides is 1. The molecule has 1 fully saturated rings. The van der Waals surface area contributed by atoms with Gasteiger partial charge in [-0.05, 0) is 37.1 Å². The molecule has 1 amide bonds. The summed E-state index contributed by atoms with van der Waals surface area (Å²) in [5.74, 6) is 0.0238. The minimum atomic E-state index is 0.0238. The normalized spacial score (nSPS) is 16.7. The number of aromatic nitrogens is 3. The smallest absolute Gasteiger partial charge is 0.251 e. The fourth-order valence-corrected chi connectivity index (χ4v) is 2.98. The van der Waals surface area contributed by atoms with Crippen molar-refractivity contribution in [1.29, 1.82) is 0 Å². The van der Waals surface area contributed by atoms with E-state index in [1.807, 2.05) is 24.3 Å². The Bertz CT molecular complexity index is 584. The molecule has 0 aliphatic heterocycles. The molecule has 1 saturated carbocycles. The van der Waals surface area contributed by atoms with E-state index in [0.717, 1.165) is 18.5 Å². The zero-order valence-electron chi connectivity index (χ0n) is 12.7. The Balaban J connectivity index is 1.62. The van der Waals surface area contributed by atoms with Crippen LogP contribution >= 0.6 is 0 Å². The monoisotopic (exact) mass is 298 g/mol. The van der Waals surface area contributed by atoms with Crippen molar-refractivity contribution in [1.82, 2.24) is 20.1 Å². The Kier molecular flexibility index (Phi) is 4.83. The third-order valence-electron chi connectivity index (χ3n) is 4.25. The summed E-state index contributed by atoms with van der Waals surface area (Å²) in [6, 6.07) is 7.79. The summed E-state index contributed by atoms with van der Waals surface area (Å²) >= 11 is 0. The molecule has 3 rings (SSSR count). The van der Waals surface area contributed by atoms with Crippen LogP contribution in [0.4, 0.5) is 0 Å². The summed E-state index contributed by atoms with van der Waals surface area (Å²) in [7, 11) is 0. The van der Waals surface area contributed by atoms with E-state index in [1.165, 1.54) is 38.4 Å². The van der Waals surface area contributed by atoms with Gasteiger partial charge in [0, 0.05) is 11.6 Å². The maximum atomic E-state index is 12.4. The first kappa shape index (κ1) is 14.8. The van der Waals surface area contributed by atoms with Crippen molar-refractivity contribution in [2.75, 3.05) is 0 Å². The standard InChI is InChI=1S/C17H22N4O/c22-17(20-15-6-4-2-1-3-5-7-15)14-8-10-16(11-9-14)21-13-18-12-19-21/h8-13,15H,1-7H2,(H,20,22). The van der Waals surface area contributed by atoms with E-state index in [4.69, 9.17) is 0 Å². The average molecular weight is 298 g/mol. The van der Waals surface area contributed by atoms with Gasteiger partial charge in [0.2, 0.25) is 0 Å². The molecule has 2 aromatic rings. The largest absolute Gasteiger partial charge is 0.349 e. The van der Waals surface area contributed by atoms with Gasteiger partial charge in [-0.15, -0.1) is 0 Å². The molecular weight excluding hydrogens is 276 g/mol. The Labute approximate surface area is 130 Å². The molecule has 0 unspecified atom stereocenters. The number of hydrogen-bond acceptors (Lipinski definition) is 3. The molecular formula is C17H22N4O. The summed E-state index contributed by atoms with van der Waals surface area (Å²) in [5.41, 5.74) is 1.60. The van der Waals surface area contributed by atoms with Gasteiger partial charge in [-0.1, -0.05) is 32.1 Å². The lowest BCUT2D eigenvalue weighted by Gasteiger charge is -2.21. The maximum absolute atomic E-state index is 12.4. The van der Waals surface area contributed by atoms with Crippen LogP contribution in [0.2, 0.25) is 0 Å². The zero-order valence-corrected chi connectivity index (χ0v) is 12.7. The fraction of sp³-hybridized carbons (Fsp3) is 0.471. The molecule has 5 heteroatoms. The molecule has 1 aliphatic carbocycles. The van der Waals surface area contributed by atoms with Gasteiger partial charge in [-0.3, -0.25) is 4.79 Å². The number of benzene rings is 1. The van der Waals surface area contributed by atoms with Crippen LogP contribution in [-0.2, 0) is 0 Å². The van der Waals surface area contributed by atoms with Gasteiger partial charge in [-0.2, -0.15) is 5.10 Å². The molecule has 22 heavy (non-hydrogen) atoms. The lowest BCUT2D eigenvalue weighted by atomic mass is 9.96. The number of carbonyl (C=O) groups is 1. The molecule has 1 heterocycles. The minimum absolute atomic E-state index is 0.0238. The highest BCUT2D eigenvalue weighted by molar-refractivity contribution is 5.94. The number of hydrogen-bond donors (Lipinski definition) is 1. The first-order valence-corrected chi connectivity index (χ1v) is 8.09. The van der Waals surface area contributed by atoms with Gasteiger partial charge in [0.25, 0.3) is 5.91 Å². The Hall–Kier alpha value is -2.17. The van der Waals surface area contributed by atoms with E-state index in [0.29, 0.717) is 11.6 Å². The van der Waals surface area contributed by atoms with Crippen molar-refractivity contribution in [2.45, 2.75) is 51.0 Å². The second kappa shape index (κ2) is 7.20. The van der Waals surface area contributed by atoms with E-state index < -0.39 is 0 Å². The van der Waals surface area contributed by atoms with Crippen molar-refractivity contribution in [3.05, 3.63) is 42.5 Å². The molecule has 1 N–H and O–H groups in total. The summed E-state index contributed by atoms with van der Waals surface area (Å²) < 4.78 is 1.68. The zero-order chi connectivity index (χ0) is 15.2. The highest BCUT2D eigenvalue weighted by Gasteiger charge is 2.15. The van der Waals surface area contributed by atoms with Crippen LogP contribution < -0.4 is 5.32 Å². The molecule has 0 atom stereocenters. The molecule has 1 aromatic carbocycles. The predicted octanol–water partition coefficient (Wildman–Crippen LogP) is 3.11. The summed E-state index contributed by atoms with van der Waals surface area (Å²) in [6.07, 6.45) is 11.7. The lowest BCUT2D eigenvalue weighted by Crippen LogP contribution is -2.35. The summed E-state index contributed by atoms with van der Waals surface area (Å²) in [5, 5.41) is 7.26. The topological polar surface area (TPSA) is 59.8 Å².